The van der Waals surface area contributed by atoms with Crippen LogP contribution >= 0.6 is 11.3 Å². The molecule has 2 heterocycles. The van der Waals surface area contributed by atoms with E-state index in [4.69, 9.17) is 0 Å². The van der Waals surface area contributed by atoms with Gasteiger partial charge in [0.2, 0.25) is 10.0 Å². The lowest BCUT2D eigenvalue weighted by Crippen LogP contribution is -2.52. The summed E-state index contributed by atoms with van der Waals surface area (Å²) in [6.45, 7) is 3.99. The number of amides is 1. The van der Waals surface area contributed by atoms with E-state index in [-0.39, 0.29) is 23.5 Å². The van der Waals surface area contributed by atoms with Crippen molar-refractivity contribution in [2.24, 2.45) is 0 Å². The first kappa shape index (κ1) is 20.9. The van der Waals surface area contributed by atoms with Crippen molar-refractivity contribution in [2.75, 3.05) is 38.1 Å². The zero-order chi connectivity index (χ0) is 20.1. The van der Waals surface area contributed by atoms with E-state index in [0.717, 1.165) is 6.42 Å². The van der Waals surface area contributed by atoms with Crippen LogP contribution in [0.1, 0.15) is 23.0 Å². The molecule has 1 atom stereocenters. The quantitative estimate of drug-likeness (QED) is 0.698. The molecular weight excluding hydrogens is 400 g/mol. The molecule has 1 aromatic carbocycles. The maximum Gasteiger partial charge on any atom is 0.267 e. The first-order valence-corrected chi connectivity index (χ1v) is 11.4. The molecule has 1 aliphatic heterocycles. The number of aliphatic hydroxyl groups excluding tert-OH is 1. The van der Waals surface area contributed by atoms with Crippen molar-refractivity contribution in [1.29, 1.82) is 0 Å². The average Bonchev–Trinajstić information content (AvgIpc) is 3.25. The lowest BCUT2D eigenvalue weighted by atomic mass is 10.2. The molecule has 0 aliphatic carbocycles. The van der Waals surface area contributed by atoms with Crippen LogP contribution in [0.4, 0.5) is 5.69 Å². The van der Waals surface area contributed by atoms with Crippen molar-refractivity contribution in [1.82, 2.24) is 14.2 Å². The fraction of sp³-hybridized carbons (Fsp3) is 0.444. The first-order valence-electron chi connectivity index (χ1n) is 9.10. The van der Waals surface area contributed by atoms with E-state index in [0.29, 0.717) is 36.7 Å². The molecule has 0 bridgehead atoms. The maximum absolute atomic E-state index is 13.0. The molecule has 1 unspecified atom stereocenters. The number of sulfonamides is 1. The molecule has 2 aromatic rings. The number of aliphatic hydroxyl groups is 1. The van der Waals surface area contributed by atoms with Gasteiger partial charge in [-0.3, -0.25) is 14.7 Å². The summed E-state index contributed by atoms with van der Waals surface area (Å²) >= 11 is 1.22. The molecule has 1 amide bonds. The lowest BCUT2D eigenvalue weighted by Gasteiger charge is -2.37. The van der Waals surface area contributed by atoms with Crippen LogP contribution in [-0.2, 0) is 10.0 Å². The molecule has 3 rings (SSSR count). The van der Waals surface area contributed by atoms with Gasteiger partial charge in [0.1, 0.15) is 4.88 Å². The van der Waals surface area contributed by atoms with Crippen LogP contribution in [0.3, 0.4) is 0 Å². The predicted molar refractivity (Wildman–Crippen MR) is 108 cm³/mol. The number of aromatic nitrogens is 1. The Morgan fingerprint density at radius 2 is 2.07 bits per heavy atom. The molecule has 0 saturated carbocycles. The highest BCUT2D eigenvalue weighted by Crippen LogP contribution is 2.22. The third-order valence-corrected chi connectivity index (χ3v) is 7.52. The molecule has 1 aromatic heterocycles. The van der Waals surface area contributed by atoms with E-state index >= 15 is 0 Å². The summed E-state index contributed by atoms with van der Waals surface area (Å²) in [6, 6.07) is 6.35. The van der Waals surface area contributed by atoms with Gasteiger partial charge in [0.15, 0.2) is 0 Å². The van der Waals surface area contributed by atoms with Gasteiger partial charge in [0.05, 0.1) is 23.2 Å². The van der Waals surface area contributed by atoms with Crippen LogP contribution in [0.15, 0.2) is 40.9 Å². The molecule has 152 valence electrons. The summed E-state index contributed by atoms with van der Waals surface area (Å²) in [6.07, 6.45) is 2.29. The fourth-order valence-electron chi connectivity index (χ4n) is 3.22. The Hall–Kier alpha value is -1.85. The summed E-state index contributed by atoms with van der Waals surface area (Å²) in [7, 11) is -3.65. The standard InChI is InChI=1S/C18H24N4O4S2/c1-2-15(12-23)21-6-8-22(9-7-21)28(25,26)16-5-3-4-14(10-16)20-18(24)17-11-19-13-27-17/h3-5,10-11,13,15,23H,2,6-9,12H2,1H3,(H,20,24). The van der Waals surface area contributed by atoms with Crippen LogP contribution in [0.5, 0.6) is 0 Å². The van der Waals surface area contributed by atoms with Gasteiger partial charge in [-0.25, -0.2) is 8.42 Å². The van der Waals surface area contributed by atoms with Crippen LogP contribution in [-0.4, -0.2) is 72.4 Å². The molecule has 2 N–H and O–H groups in total. The summed E-state index contributed by atoms with van der Waals surface area (Å²) in [4.78, 5) is 18.8. The molecule has 8 nitrogen and oxygen atoms in total. The Bertz CT molecular complexity index is 890. The minimum atomic E-state index is -3.65. The zero-order valence-corrected chi connectivity index (χ0v) is 17.2. The van der Waals surface area contributed by atoms with E-state index in [1.54, 1.807) is 17.6 Å². The molecule has 0 radical (unpaired) electrons. The Morgan fingerprint density at radius 3 is 2.68 bits per heavy atom. The Labute approximate surface area is 168 Å². The number of carbonyl (C=O) groups excluding carboxylic acids is 1. The maximum atomic E-state index is 13.0. The smallest absolute Gasteiger partial charge is 0.267 e. The van der Waals surface area contributed by atoms with Gasteiger partial charge in [-0.1, -0.05) is 13.0 Å². The van der Waals surface area contributed by atoms with E-state index < -0.39 is 10.0 Å². The second-order valence-electron chi connectivity index (χ2n) is 6.53. The van der Waals surface area contributed by atoms with Crippen molar-refractivity contribution in [2.45, 2.75) is 24.3 Å². The number of hydrogen-bond acceptors (Lipinski definition) is 7. The number of rotatable bonds is 7. The summed E-state index contributed by atoms with van der Waals surface area (Å²) in [5.74, 6) is -0.319. The molecule has 0 spiro atoms. The predicted octanol–water partition coefficient (Wildman–Crippen LogP) is 1.47. The average molecular weight is 425 g/mol. The summed E-state index contributed by atoms with van der Waals surface area (Å²) in [5, 5.41) is 12.2. The number of piperazine rings is 1. The van der Waals surface area contributed by atoms with Crippen LogP contribution in [0.25, 0.3) is 0 Å². The highest BCUT2D eigenvalue weighted by molar-refractivity contribution is 7.89. The van der Waals surface area contributed by atoms with Crippen molar-refractivity contribution in [3.05, 3.63) is 40.8 Å². The first-order chi connectivity index (χ1) is 13.5. The van der Waals surface area contributed by atoms with Gasteiger partial charge >= 0.3 is 0 Å². The SMILES string of the molecule is CCC(CO)N1CCN(S(=O)(=O)c2cccc(NC(=O)c3cncs3)c2)CC1. The number of carbonyl (C=O) groups is 1. The second-order valence-corrected chi connectivity index (χ2v) is 9.36. The largest absolute Gasteiger partial charge is 0.395 e. The minimum Gasteiger partial charge on any atom is -0.395 e. The van der Waals surface area contributed by atoms with E-state index in [2.05, 4.69) is 15.2 Å². The van der Waals surface area contributed by atoms with E-state index in [9.17, 15) is 18.3 Å². The third-order valence-electron chi connectivity index (χ3n) is 4.86. The number of anilines is 1. The number of benzene rings is 1. The number of nitrogens with zero attached hydrogens (tertiary/aromatic N) is 3. The van der Waals surface area contributed by atoms with Crippen molar-refractivity contribution >= 4 is 33.0 Å². The molecule has 1 fully saturated rings. The fourth-order valence-corrected chi connectivity index (χ4v) is 5.20. The van der Waals surface area contributed by atoms with Gasteiger partial charge in [-0.15, -0.1) is 11.3 Å². The minimum absolute atomic E-state index is 0.0649. The molecule has 1 saturated heterocycles. The topological polar surface area (TPSA) is 103 Å². The Balaban J connectivity index is 1.70. The van der Waals surface area contributed by atoms with Crippen LogP contribution < -0.4 is 5.32 Å². The van der Waals surface area contributed by atoms with Gasteiger partial charge < -0.3 is 10.4 Å². The monoisotopic (exact) mass is 424 g/mol. The van der Waals surface area contributed by atoms with E-state index in [1.165, 1.54) is 34.0 Å². The van der Waals surface area contributed by atoms with Gasteiger partial charge in [-0.2, -0.15) is 4.31 Å². The molecule has 10 heteroatoms. The highest BCUT2D eigenvalue weighted by atomic mass is 32.2. The van der Waals surface area contributed by atoms with Gasteiger partial charge in [0, 0.05) is 37.9 Å². The van der Waals surface area contributed by atoms with Gasteiger partial charge in [-0.05, 0) is 24.6 Å². The van der Waals surface area contributed by atoms with Crippen molar-refractivity contribution < 1.29 is 18.3 Å². The molecular formula is C18H24N4O4S2. The zero-order valence-electron chi connectivity index (χ0n) is 15.6. The number of thiazole rings is 1. The second kappa shape index (κ2) is 9.10. The van der Waals surface area contributed by atoms with Crippen molar-refractivity contribution in [3.8, 4) is 0 Å². The molecule has 1 aliphatic rings. The van der Waals surface area contributed by atoms with Crippen LogP contribution in [0.2, 0.25) is 0 Å². The van der Waals surface area contributed by atoms with E-state index in [1.807, 2.05) is 6.92 Å². The third kappa shape index (κ3) is 4.58. The number of nitrogens with one attached hydrogen (secondary N) is 1. The summed E-state index contributed by atoms with van der Waals surface area (Å²) in [5.41, 5.74) is 1.99. The van der Waals surface area contributed by atoms with Gasteiger partial charge in [0.25, 0.3) is 5.91 Å². The lowest BCUT2D eigenvalue weighted by molar-refractivity contribution is 0.0881. The number of hydrogen-bond donors (Lipinski definition) is 2. The Kier molecular flexibility index (Phi) is 6.78. The van der Waals surface area contributed by atoms with Crippen LogP contribution in [0, 0.1) is 0 Å². The Morgan fingerprint density at radius 1 is 1.32 bits per heavy atom. The molecule has 28 heavy (non-hydrogen) atoms. The normalized spacial score (nSPS) is 17.4. The highest BCUT2D eigenvalue weighted by Gasteiger charge is 2.30. The van der Waals surface area contributed by atoms with Crippen molar-refractivity contribution in [3.63, 3.8) is 0 Å². The summed E-state index contributed by atoms with van der Waals surface area (Å²) < 4.78 is 27.5.